The molecule has 0 aliphatic heterocycles. The second kappa shape index (κ2) is 9.32. The van der Waals surface area contributed by atoms with Gasteiger partial charge in [-0.05, 0) is 36.8 Å². The van der Waals surface area contributed by atoms with E-state index in [1.54, 1.807) is 24.3 Å². The fourth-order valence-electron chi connectivity index (χ4n) is 2.13. The molecular formula is C19H22N2O4. The number of hydrogen-bond donors (Lipinski definition) is 2. The largest absolute Gasteiger partial charge is 0.492 e. The molecule has 0 radical (unpaired) electrons. The summed E-state index contributed by atoms with van der Waals surface area (Å²) in [5, 5.41) is 5.38. The number of benzene rings is 2. The minimum absolute atomic E-state index is 0.103. The first-order valence-electron chi connectivity index (χ1n) is 7.99. The number of carbonyl (C=O) groups excluding carboxylic acids is 2. The lowest BCUT2D eigenvalue weighted by Crippen LogP contribution is -2.32. The molecule has 2 amide bonds. The molecule has 0 bridgehead atoms. The maximum absolute atomic E-state index is 11.8. The molecule has 0 fully saturated rings. The van der Waals surface area contributed by atoms with Gasteiger partial charge in [-0.25, -0.2) is 0 Å². The maximum atomic E-state index is 11.8. The summed E-state index contributed by atoms with van der Waals surface area (Å²) in [6.45, 7) is 4.09. The first-order chi connectivity index (χ1) is 12.0. The van der Waals surface area contributed by atoms with Gasteiger partial charge in [0, 0.05) is 18.7 Å². The summed E-state index contributed by atoms with van der Waals surface area (Å²) >= 11 is 0. The molecule has 0 aromatic heterocycles. The Morgan fingerprint density at radius 2 is 1.72 bits per heavy atom. The second-order valence-corrected chi connectivity index (χ2v) is 5.51. The summed E-state index contributed by atoms with van der Waals surface area (Å²) < 4.78 is 11.0. The van der Waals surface area contributed by atoms with E-state index in [9.17, 15) is 9.59 Å². The number of anilines is 1. The third kappa shape index (κ3) is 6.95. The van der Waals surface area contributed by atoms with Gasteiger partial charge < -0.3 is 20.1 Å². The highest BCUT2D eigenvalue weighted by atomic mass is 16.5. The Bertz CT molecular complexity index is 731. The van der Waals surface area contributed by atoms with Gasteiger partial charge in [-0.3, -0.25) is 9.59 Å². The van der Waals surface area contributed by atoms with E-state index in [1.807, 2.05) is 31.2 Å². The molecule has 0 aliphatic rings. The van der Waals surface area contributed by atoms with Crippen molar-refractivity contribution >= 4 is 17.5 Å². The standard InChI is InChI=1S/C19H22N2O4/c1-14-5-3-7-17(11-14)24-10-9-20-19(23)13-25-18-8-4-6-16(12-18)21-15(2)22/h3-8,11-12H,9-10,13H2,1-2H3,(H,20,23)(H,21,22). The highest BCUT2D eigenvalue weighted by molar-refractivity contribution is 5.88. The van der Waals surface area contributed by atoms with E-state index in [0.29, 0.717) is 24.6 Å². The molecule has 0 spiro atoms. The van der Waals surface area contributed by atoms with Gasteiger partial charge in [0.1, 0.15) is 18.1 Å². The van der Waals surface area contributed by atoms with Crippen LogP contribution in [0.3, 0.4) is 0 Å². The van der Waals surface area contributed by atoms with Crippen LogP contribution in [0.4, 0.5) is 5.69 Å². The van der Waals surface area contributed by atoms with Crippen LogP contribution in [0.25, 0.3) is 0 Å². The SMILES string of the molecule is CC(=O)Nc1cccc(OCC(=O)NCCOc2cccc(C)c2)c1. The van der Waals surface area contributed by atoms with E-state index in [2.05, 4.69) is 10.6 Å². The number of carbonyl (C=O) groups is 2. The van der Waals surface area contributed by atoms with Gasteiger partial charge in [-0.1, -0.05) is 18.2 Å². The molecule has 132 valence electrons. The van der Waals surface area contributed by atoms with Crippen LogP contribution in [-0.2, 0) is 9.59 Å². The number of rotatable bonds is 8. The van der Waals surface area contributed by atoms with Gasteiger partial charge in [0.15, 0.2) is 6.61 Å². The lowest BCUT2D eigenvalue weighted by atomic mass is 10.2. The molecule has 6 heteroatoms. The van der Waals surface area contributed by atoms with Crippen LogP contribution in [-0.4, -0.2) is 31.6 Å². The van der Waals surface area contributed by atoms with E-state index in [0.717, 1.165) is 11.3 Å². The maximum Gasteiger partial charge on any atom is 0.258 e. The Balaban J connectivity index is 1.68. The van der Waals surface area contributed by atoms with E-state index < -0.39 is 0 Å². The molecule has 0 aliphatic carbocycles. The summed E-state index contributed by atoms with van der Waals surface area (Å²) in [4.78, 5) is 22.8. The van der Waals surface area contributed by atoms with Gasteiger partial charge in [-0.15, -0.1) is 0 Å². The number of amides is 2. The lowest BCUT2D eigenvalue weighted by Gasteiger charge is -2.10. The fraction of sp³-hybridized carbons (Fsp3) is 0.263. The van der Waals surface area contributed by atoms with E-state index in [-0.39, 0.29) is 18.4 Å². The predicted octanol–water partition coefficient (Wildman–Crippen LogP) is 2.53. The van der Waals surface area contributed by atoms with E-state index in [1.165, 1.54) is 6.92 Å². The molecule has 0 heterocycles. The highest BCUT2D eigenvalue weighted by Gasteiger charge is 2.04. The van der Waals surface area contributed by atoms with Crippen molar-refractivity contribution < 1.29 is 19.1 Å². The van der Waals surface area contributed by atoms with Crippen molar-refractivity contribution in [2.24, 2.45) is 0 Å². The summed E-state index contributed by atoms with van der Waals surface area (Å²) in [7, 11) is 0. The van der Waals surface area contributed by atoms with E-state index >= 15 is 0 Å². The van der Waals surface area contributed by atoms with Crippen molar-refractivity contribution in [2.75, 3.05) is 25.1 Å². The Labute approximate surface area is 147 Å². The van der Waals surface area contributed by atoms with Crippen LogP contribution in [0.15, 0.2) is 48.5 Å². The zero-order valence-electron chi connectivity index (χ0n) is 14.4. The Morgan fingerprint density at radius 1 is 1.00 bits per heavy atom. The molecule has 2 aromatic rings. The molecular weight excluding hydrogens is 320 g/mol. The molecule has 6 nitrogen and oxygen atoms in total. The minimum atomic E-state index is -0.238. The van der Waals surface area contributed by atoms with Crippen molar-refractivity contribution in [2.45, 2.75) is 13.8 Å². The molecule has 2 rings (SSSR count). The smallest absolute Gasteiger partial charge is 0.258 e. The van der Waals surface area contributed by atoms with Crippen molar-refractivity contribution in [1.29, 1.82) is 0 Å². The van der Waals surface area contributed by atoms with Crippen LogP contribution in [0.2, 0.25) is 0 Å². The van der Waals surface area contributed by atoms with Gasteiger partial charge >= 0.3 is 0 Å². The summed E-state index contributed by atoms with van der Waals surface area (Å²) in [6.07, 6.45) is 0. The number of ether oxygens (including phenoxy) is 2. The van der Waals surface area contributed by atoms with Crippen LogP contribution in [0, 0.1) is 6.92 Å². The van der Waals surface area contributed by atoms with Crippen LogP contribution >= 0.6 is 0 Å². The predicted molar refractivity (Wildman–Crippen MR) is 95.9 cm³/mol. The van der Waals surface area contributed by atoms with Gasteiger partial charge in [0.05, 0.1) is 6.54 Å². The average molecular weight is 342 g/mol. The Kier molecular flexibility index (Phi) is 6.83. The number of hydrogen-bond acceptors (Lipinski definition) is 4. The molecule has 0 saturated heterocycles. The lowest BCUT2D eigenvalue weighted by molar-refractivity contribution is -0.123. The van der Waals surface area contributed by atoms with Crippen molar-refractivity contribution in [1.82, 2.24) is 5.32 Å². The molecule has 0 atom stereocenters. The zero-order chi connectivity index (χ0) is 18.1. The third-order valence-electron chi connectivity index (χ3n) is 3.21. The monoisotopic (exact) mass is 342 g/mol. The van der Waals surface area contributed by atoms with Crippen LogP contribution in [0.5, 0.6) is 11.5 Å². The molecule has 2 aromatic carbocycles. The zero-order valence-corrected chi connectivity index (χ0v) is 14.4. The third-order valence-corrected chi connectivity index (χ3v) is 3.21. The Hall–Kier alpha value is -3.02. The number of aryl methyl sites for hydroxylation is 1. The van der Waals surface area contributed by atoms with E-state index in [4.69, 9.17) is 9.47 Å². The molecule has 25 heavy (non-hydrogen) atoms. The molecule has 0 unspecified atom stereocenters. The minimum Gasteiger partial charge on any atom is -0.492 e. The van der Waals surface area contributed by atoms with Gasteiger partial charge in [0.2, 0.25) is 5.91 Å². The van der Waals surface area contributed by atoms with Crippen molar-refractivity contribution in [3.8, 4) is 11.5 Å². The number of nitrogens with one attached hydrogen (secondary N) is 2. The van der Waals surface area contributed by atoms with Gasteiger partial charge in [0.25, 0.3) is 5.91 Å². The van der Waals surface area contributed by atoms with Crippen LogP contribution in [0.1, 0.15) is 12.5 Å². The summed E-state index contributed by atoms with van der Waals surface area (Å²) in [5.74, 6) is 0.888. The van der Waals surface area contributed by atoms with Crippen LogP contribution < -0.4 is 20.1 Å². The molecule has 0 saturated carbocycles. The van der Waals surface area contributed by atoms with Crippen molar-refractivity contribution in [3.63, 3.8) is 0 Å². The fourth-order valence-corrected chi connectivity index (χ4v) is 2.13. The topological polar surface area (TPSA) is 76.7 Å². The summed E-state index contributed by atoms with van der Waals surface area (Å²) in [6, 6.07) is 14.6. The summed E-state index contributed by atoms with van der Waals surface area (Å²) in [5.41, 5.74) is 1.74. The van der Waals surface area contributed by atoms with Gasteiger partial charge in [-0.2, -0.15) is 0 Å². The molecule has 2 N–H and O–H groups in total. The normalized spacial score (nSPS) is 10.0. The first kappa shape index (κ1) is 18.3. The van der Waals surface area contributed by atoms with Crippen molar-refractivity contribution in [3.05, 3.63) is 54.1 Å². The second-order valence-electron chi connectivity index (χ2n) is 5.51. The highest BCUT2D eigenvalue weighted by Crippen LogP contribution is 2.17. The first-order valence-corrected chi connectivity index (χ1v) is 7.99. The quantitative estimate of drug-likeness (QED) is 0.723. The average Bonchev–Trinajstić information content (AvgIpc) is 2.57. The Morgan fingerprint density at radius 3 is 2.44 bits per heavy atom.